The van der Waals surface area contributed by atoms with Crippen LogP contribution in [0.4, 0.5) is 5.69 Å². The summed E-state index contributed by atoms with van der Waals surface area (Å²) in [5, 5.41) is 4.28. The number of hydrogen-bond acceptors (Lipinski definition) is 4. The largest absolute Gasteiger partial charge is 0.497 e. The second-order valence-corrected chi connectivity index (χ2v) is 6.56. The summed E-state index contributed by atoms with van der Waals surface area (Å²) in [6.07, 6.45) is 2.70. The van der Waals surface area contributed by atoms with E-state index in [4.69, 9.17) is 20.9 Å². The van der Waals surface area contributed by atoms with E-state index in [1.807, 2.05) is 35.2 Å². The number of ether oxygens (including phenoxy) is 1. The first kappa shape index (κ1) is 16.7. The van der Waals surface area contributed by atoms with Crippen LogP contribution in [0.25, 0.3) is 11.3 Å². The normalized spacial score (nSPS) is 12.9. The van der Waals surface area contributed by atoms with Gasteiger partial charge in [0.2, 0.25) is 5.91 Å². The van der Waals surface area contributed by atoms with E-state index in [1.54, 1.807) is 19.4 Å². The van der Waals surface area contributed by atoms with Crippen molar-refractivity contribution in [2.24, 2.45) is 0 Å². The highest BCUT2D eigenvalue weighted by molar-refractivity contribution is 6.31. The van der Waals surface area contributed by atoms with E-state index in [2.05, 4.69) is 11.2 Å². The van der Waals surface area contributed by atoms with Gasteiger partial charge in [0, 0.05) is 28.9 Å². The summed E-state index contributed by atoms with van der Waals surface area (Å²) in [4.78, 5) is 14.6. The number of anilines is 1. The number of rotatable bonds is 4. The third-order valence-corrected chi connectivity index (χ3v) is 4.95. The van der Waals surface area contributed by atoms with Gasteiger partial charge in [-0.25, -0.2) is 0 Å². The minimum absolute atomic E-state index is 0.0308. The molecule has 1 aromatic heterocycles. The Kier molecular flexibility index (Phi) is 4.39. The van der Waals surface area contributed by atoms with Crippen molar-refractivity contribution in [3.63, 3.8) is 0 Å². The van der Waals surface area contributed by atoms with E-state index in [1.165, 1.54) is 0 Å². The Morgan fingerprint density at radius 3 is 2.88 bits per heavy atom. The Bertz CT molecular complexity index is 954. The topological polar surface area (TPSA) is 55.6 Å². The van der Waals surface area contributed by atoms with Crippen LogP contribution in [-0.4, -0.2) is 24.7 Å². The highest BCUT2D eigenvalue weighted by Gasteiger charge is 2.25. The fourth-order valence-corrected chi connectivity index (χ4v) is 3.47. The number of halogens is 1. The fraction of sp³-hybridized carbons (Fsp3) is 0.200. The summed E-state index contributed by atoms with van der Waals surface area (Å²) >= 11 is 6.27. The Labute approximate surface area is 156 Å². The lowest BCUT2D eigenvalue weighted by atomic mass is 10.1. The molecular formula is C20H17ClN2O3. The lowest BCUT2D eigenvalue weighted by Gasteiger charge is -2.18. The average Bonchev–Trinajstić information content (AvgIpc) is 3.32. The van der Waals surface area contributed by atoms with Gasteiger partial charge in [-0.2, -0.15) is 0 Å². The van der Waals surface area contributed by atoms with Crippen molar-refractivity contribution in [3.8, 4) is 17.1 Å². The second kappa shape index (κ2) is 6.84. The molecule has 132 valence electrons. The first-order valence-electron chi connectivity index (χ1n) is 8.32. The molecule has 5 nitrogen and oxygen atoms in total. The number of fused-ring (bicyclic) bond motifs is 1. The van der Waals surface area contributed by atoms with Crippen LogP contribution in [0.5, 0.6) is 5.75 Å². The number of aromatic nitrogens is 1. The van der Waals surface area contributed by atoms with E-state index in [0.29, 0.717) is 17.3 Å². The van der Waals surface area contributed by atoms with Crippen LogP contribution in [0.1, 0.15) is 11.1 Å². The van der Waals surface area contributed by atoms with Crippen molar-refractivity contribution in [3.05, 3.63) is 64.8 Å². The number of carbonyl (C=O) groups is 1. The van der Waals surface area contributed by atoms with E-state index in [9.17, 15) is 4.79 Å². The lowest BCUT2D eigenvalue weighted by Crippen LogP contribution is -2.30. The average molecular weight is 369 g/mol. The summed E-state index contributed by atoms with van der Waals surface area (Å²) in [6.45, 7) is 0.668. The molecular weight excluding hydrogens is 352 g/mol. The highest BCUT2D eigenvalue weighted by Crippen LogP contribution is 2.33. The minimum Gasteiger partial charge on any atom is -0.497 e. The quantitative estimate of drug-likeness (QED) is 0.694. The van der Waals surface area contributed by atoms with Crippen LogP contribution in [-0.2, 0) is 17.6 Å². The number of amides is 1. The zero-order chi connectivity index (χ0) is 18.1. The van der Waals surface area contributed by atoms with Gasteiger partial charge < -0.3 is 14.2 Å². The van der Waals surface area contributed by atoms with Gasteiger partial charge in [0.1, 0.15) is 5.75 Å². The Morgan fingerprint density at radius 1 is 1.27 bits per heavy atom. The zero-order valence-electron chi connectivity index (χ0n) is 14.2. The molecule has 0 fully saturated rings. The Balaban J connectivity index is 1.54. The van der Waals surface area contributed by atoms with E-state index < -0.39 is 0 Å². The van der Waals surface area contributed by atoms with Gasteiger partial charge in [-0.3, -0.25) is 4.79 Å². The molecule has 0 aliphatic carbocycles. The van der Waals surface area contributed by atoms with Gasteiger partial charge in [-0.05, 0) is 47.9 Å². The van der Waals surface area contributed by atoms with Crippen LogP contribution in [0.2, 0.25) is 5.02 Å². The number of methoxy groups -OCH3 is 1. The Morgan fingerprint density at radius 2 is 2.15 bits per heavy atom. The summed E-state index contributed by atoms with van der Waals surface area (Å²) < 4.78 is 10.4. The first-order chi connectivity index (χ1) is 12.7. The molecule has 1 amide bonds. The summed E-state index contributed by atoms with van der Waals surface area (Å²) in [5.41, 5.74) is 3.84. The third-order valence-electron chi connectivity index (χ3n) is 4.60. The second-order valence-electron chi connectivity index (χ2n) is 6.15. The fourth-order valence-electron chi connectivity index (χ4n) is 3.24. The van der Waals surface area contributed by atoms with Gasteiger partial charge in [0.25, 0.3) is 0 Å². The molecule has 3 aromatic rings. The van der Waals surface area contributed by atoms with Crippen LogP contribution in [0.3, 0.4) is 0 Å². The van der Waals surface area contributed by atoms with Crippen molar-refractivity contribution in [1.29, 1.82) is 0 Å². The maximum atomic E-state index is 12.8. The van der Waals surface area contributed by atoms with Crippen LogP contribution < -0.4 is 9.64 Å². The maximum Gasteiger partial charge on any atom is 0.231 e. The summed E-state index contributed by atoms with van der Waals surface area (Å²) in [6, 6.07) is 13.2. The van der Waals surface area contributed by atoms with E-state index >= 15 is 0 Å². The Hall–Kier alpha value is -2.79. The molecule has 0 spiro atoms. The molecule has 2 aromatic carbocycles. The summed E-state index contributed by atoms with van der Waals surface area (Å²) in [5.74, 6) is 1.43. The van der Waals surface area contributed by atoms with Crippen LogP contribution >= 0.6 is 11.6 Å². The minimum atomic E-state index is 0.0308. The van der Waals surface area contributed by atoms with Crippen molar-refractivity contribution >= 4 is 23.2 Å². The molecule has 1 aliphatic rings. The predicted octanol–water partition coefficient (Wildman–Crippen LogP) is 4.14. The van der Waals surface area contributed by atoms with Gasteiger partial charge in [0.15, 0.2) is 5.76 Å². The van der Waals surface area contributed by atoms with Crippen molar-refractivity contribution in [1.82, 2.24) is 5.16 Å². The molecule has 0 atom stereocenters. The van der Waals surface area contributed by atoms with Crippen LogP contribution in [0, 0.1) is 0 Å². The standard InChI is InChI=1S/C20H17ClN2O3/c1-25-16-4-2-13(17(21)12-16)11-20(24)23-9-7-14-10-15(3-5-18(14)23)19-6-8-22-26-19/h2-6,8,10,12H,7,9,11H2,1H3. The summed E-state index contributed by atoms with van der Waals surface area (Å²) in [7, 11) is 1.59. The number of hydrogen-bond donors (Lipinski definition) is 0. The van der Waals surface area contributed by atoms with Crippen molar-refractivity contribution in [2.75, 3.05) is 18.6 Å². The number of benzene rings is 2. The smallest absolute Gasteiger partial charge is 0.231 e. The van der Waals surface area contributed by atoms with Crippen molar-refractivity contribution in [2.45, 2.75) is 12.8 Å². The van der Waals surface area contributed by atoms with Gasteiger partial charge in [0.05, 0.1) is 19.7 Å². The van der Waals surface area contributed by atoms with Gasteiger partial charge in [-0.1, -0.05) is 22.8 Å². The molecule has 2 heterocycles. The molecule has 6 heteroatoms. The lowest BCUT2D eigenvalue weighted by molar-refractivity contribution is -0.117. The molecule has 0 saturated heterocycles. The molecule has 0 saturated carbocycles. The molecule has 0 radical (unpaired) electrons. The monoisotopic (exact) mass is 368 g/mol. The van der Waals surface area contributed by atoms with Gasteiger partial charge in [-0.15, -0.1) is 0 Å². The van der Waals surface area contributed by atoms with Gasteiger partial charge >= 0.3 is 0 Å². The maximum absolute atomic E-state index is 12.8. The van der Waals surface area contributed by atoms with Crippen molar-refractivity contribution < 1.29 is 14.1 Å². The first-order valence-corrected chi connectivity index (χ1v) is 8.70. The molecule has 1 aliphatic heterocycles. The highest BCUT2D eigenvalue weighted by atomic mass is 35.5. The zero-order valence-corrected chi connectivity index (χ0v) is 15.0. The predicted molar refractivity (Wildman–Crippen MR) is 99.7 cm³/mol. The number of nitrogens with zero attached hydrogens (tertiary/aromatic N) is 2. The SMILES string of the molecule is COc1ccc(CC(=O)N2CCc3cc(-c4ccno4)ccc32)c(Cl)c1. The number of carbonyl (C=O) groups excluding carboxylic acids is 1. The molecule has 4 rings (SSSR count). The molecule has 0 N–H and O–H groups in total. The van der Waals surface area contributed by atoms with E-state index in [0.717, 1.165) is 34.6 Å². The molecule has 0 unspecified atom stereocenters. The molecule has 0 bridgehead atoms. The van der Waals surface area contributed by atoms with E-state index in [-0.39, 0.29) is 12.3 Å². The molecule has 26 heavy (non-hydrogen) atoms. The van der Waals surface area contributed by atoms with Crippen LogP contribution in [0.15, 0.2) is 53.2 Å². The third kappa shape index (κ3) is 3.06.